The quantitative estimate of drug-likeness (QED) is 0.565. The van der Waals surface area contributed by atoms with Gasteiger partial charge in [-0.05, 0) is 48.9 Å². The molecule has 26 heavy (non-hydrogen) atoms. The number of ether oxygens (including phenoxy) is 1. The highest BCUT2D eigenvalue weighted by molar-refractivity contribution is 7.92. The number of benzene rings is 2. The third-order valence-electron chi connectivity index (χ3n) is 3.33. The van der Waals surface area contributed by atoms with Crippen molar-refractivity contribution in [2.45, 2.75) is 6.92 Å². The highest BCUT2D eigenvalue weighted by Gasteiger charge is 2.20. The summed E-state index contributed by atoms with van der Waals surface area (Å²) in [5.41, 5.74) is 3.53. The van der Waals surface area contributed by atoms with Gasteiger partial charge in [0.1, 0.15) is 12.3 Å². The van der Waals surface area contributed by atoms with E-state index in [2.05, 4.69) is 10.5 Å². The van der Waals surface area contributed by atoms with E-state index in [4.69, 9.17) is 4.74 Å². The molecule has 0 spiro atoms. The van der Waals surface area contributed by atoms with Crippen LogP contribution in [0.4, 0.5) is 5.69 Å². The number of carbonyl (C=O) groups excluding carboxylic acids is 1. The van der Waals surface area contributed by atoms with Crippen LogP contribution in [0.1, 0.15) is 12.5 Å². The molecular weight excluding hydrogens is 354 g/mol. The summed E-state index contributed by atoms with van der Waals surface area (Å²) in [5, 5.41) is 3.86. The summed E-state index contributed by atoms with van der Waals surface area (Å²) in [4.78, 5) is 12.1. The third-order valence-corrected chi connectivity index (χ3v) is 4.47. The molecule has 138 valence electrons. The lowest BCUT2D eigenvalue weighted by molar-refractivity contribution is -0.119. The Morgan fingerprint density at radius 2 is 1.81 bits per heavy atom. The maximum absolute atomic E-state index is 12.1. The monoisotopic (exact) mass is 375 g/mol. The van der Waals surface area contributed by atoms with Crippen molar-refractivity contribution < 1.29 is 17.9 Å². The number of carbonyl (C=O) groups is 1. The van der Waals surface area contributed by atoms with E-state index in [0.717, 1.165) is 21.9 Å². The number of hydrogen-bond donors (Lipinski definition) is 1. The fourth-order valence-electron chi connectivity index (χ4n) is 2.16. The topological polar surface area (TPSA) is 88.1 Å². The SMILES string of the molecule is CCOc1ccc(/C=N\NC(=O)CN(c2ccccc2)S(C)(=O)=O)cc1. The Morgan fingerprint density at radius 3 is 2.38 bits per heavy atom. The van der Waals surface area contributed by atoms with E-state index in [1.165, 1.54) is 6.21 Å². The molecule has 0 saturated carbocycles. The van der Waals surface area contributed by atoms with E-state index in [1.54, 1.807) is 54.6 Å². The number of para-hydroxylation sites is 1. The first-order valence-corrected chi connectivity index (χ1v) is 9.82. The zero-order valence-electron chi connectivity index (χ0n) is 14.6. The minimum Gasteiger partial charge on any atom is -0.494 e. The van der Waals surface area contributed by atoms with Gasteiger partial charge in [-0.2, -0.15) is 5.10 Å². The zero-order valence-corrected chi connectivity index (χ0v) is 15.4. The summed E-state index contributed by atoms with van der Waals surface area (Å²) in [6.45, 7) is 2.13. The van der Waals surface area contributed by atoms with Crippen LogP contribution in [0.15, 0.2) is 59.7 Å². The lowest BCUT2D eigenvalue weighted by Crippen LogP contribution is -2.38. The Hall–Kier alpha value is -2.87. The van der Waals surface area contributed by atoms with Crippen molar-refractivity contribution in [2.75, 3.05) is 23.7 Å². The van der Waals surface area contributed by atoms with Crippen LogP contribution in [-0.2, 0) is 14.8 Å². The predicted molar refractivity (Wildman–Crippen MR) is 102 cm³/mol. The van der Waals surface area contributed by atoms with Crippen molar-refractivity contribution in [2.24, 2.45) is 5.10 Å². The number of hydrogen-bond acceptors (Lipinski definition) is 5. The standard InChI is InChI=1S/C18H21N3O4S/c1-3-25-17-11-9-15(10-12-17)13-19-20-18(22)14-21(26(2,23)24)16-7-5-4-6-8-16/h4-13H,3,14H2,1-2H3,(H,20,22)/b19-13-. The van der Waals surface area contributed by atoms with Crippen molar-refractivity contribution in [3.05, 3.63) is 60.2 Å². The molecule has 0 saturated heterocycles. The van der Waals surface area contributed by atoms with E-state index < -0.39 is 15.9 Å². The van der Waals surface area contributed by atoms with Crippen LogP contribution in [0.25, 0.3) is 0 Å². The molecule has 0 atom stereocenters. The molecule has 1 N–H and O–H groups in total. The minimum atomic E-state index is -3.59. The highest BCUT2D eigenvalue weighted by atomic mass is 32.2. The van der Waals surface area contributed by atoms with Crippen LogP contribution in [0.2, 0.25) is 0 Å². The van der Waals surface area contributed by atoms with Gasteiger partial charge in [-0.15, -0.1) is 0 Å². The number of nitrogens with zero attached hydrogens (tertiary/aromatic N) is 2. The minimum absolute atomic E-state index is 0.358. The molecule has 8 heteroatoms. The van der Waals surface area contributed by atoms with Crippen LogP contribution < -0.4 is 14.5 Å². The number of anilines is 1. The molecule has 2 rings (SSSR count). The fourth-order valence-corrected chi connectivity index (χ4v) is 3.01. The summed E-state index contributed by atoms with van der Waals surface area (Å²) >= 11 is 0. The Labute approximate surface area is 153 Å². The average Bonchev–Trinajstić information content (AvgIpc) is 2.61. The van der Waals surface area contributed by atoms with Gasteiger partial charge in [0, 0.05) is 0 Å². The van der Waals surface area contributed by atoms with E-state index in [1.807, 2.05) is 6.92 Å². The second-order valence-corrected chi connectivity index (χ2v) is 7.31. The van der Waals surface area contributed by atoms with Crippen molar-refractivity contribution in [1.82, 2.24) is 5.43 Å². The molecule has 1 amide bonds. The van der Waals surface area contributed by atoms with Crippen molar-refractivity contribution >= 4 is 27.8 Å². The van der Waals surface area contributed by atoms with Gasteiger partial charge in [-0.3, -0.25) is 9.10 Å². The third kappa shape index (κ3) is 5.89. The van der Waals surface area contributed by atoms with Gasteiger partial charge in [0.15, 0.2) is 0 Å². The Bertz CT molecular complexity index is 850. The van der Waals surface area contributed by atoms with E-state index >= 15 is 0 Å². The zero-order chi connectivity index (χ0) is 19.0. The first kappa shape index (κ1) is 19.5. The molecule has 2 aromatic carbocycles. The Kier molecular flexibility index (Phi) is 6.74. The Morgan fingerprint density at radius 1 is 1.15 bits per heavy atom. The molecule has 0 heterocycles. The molecular formula is C18H21N3O4S. The van der Waals surface area contributed by atoms with Gasteiger partial charge >= 0.3 is 0 Å². The summed E-state index contributed by atoms with van der Waals surface area (Å²) in [6, 6.07) is 15.6. The van der Waals surface area contributed by atoms with E-state index in [9.17, 15) is 13.2 Å². The smallest absolute Gasteiger partial charge is 0.260 e. The molecule has 2 aromatic rings. The van der Waals surface area contributed by atoms with Crippen LogP contribution in [0.5, 0.6) is 5.75 Å². The second-order valence-electron chi connectivity index (χ2n) is 5.40. The van der Waals surface area contributed by atoms with Gasteiger partial charge < -0.3 is 4.74 Å². The van der Waals surface area contributed by atoms with Crippen molar-refractivity contribution in [3.8, 4) is 5.75 Å². The van der Waals surface area contributed by atoms with E-state index in [0.29, 0.717) is 12.3 Å². The molecule has 0 aromatic heterocycles. The Balaban J connectivity index is 1.98. The first-order chi connectivity index (χ1) is 12.4. The molecule has 0 unspecified atom stereocenters. The lowest BCUT2D eigenvalue weighted by Gasteiger charge is -2.21. The van der Waals surface area contributed by atoms with Gasteiger partial charge in [0.25, 0.3) is 5.91 Å². The van der Waals surface area contributed by atoms with Crippen molar-refractivity contribution in [1.29, 1.82) is 0 Å². The molecule has 0 aliphatic rings. The number of nitrogens with one attached hydrogen (secondary N) is 1. The van der Waals surface area contributed by atoms with Gasteiger partial charge in [-0.25, -0.2) is 13.8 Å². The van der Waals surface area contributed by atoms with Crippen molar-refractivity contribution in [3.63, 3.8) is 0 Å². The lowest BCUT2D eigenvalue weighted by atomic mass is 10.2. The number of rotatable bonds is 8. The average molecular weight is 375 g/mol. The molecule has 0 aliphatic carbocycles. The maximum Gasteiger partial charge on any atom is 0.260 e. The number of sulfonamides is 1. The number of hydrazone groups is 1. The largest absolute Gasteiger partial charge is 0.494 e. The fraction of sp³-hybridized carbons (Fsp3) is 0.222. The van der Waals surface area contributed by atoms with Gasteiger partial charge in [0.2, 0.25) is 10.0 Å². The van der Waals surface area contributed by atoms with Gasteiger partial charge in [0.05, 0.1) is 24.8 Å². The van der Waals surface area contributed by atoms with Crippen LogP contribution >= 0.6 is 0 Å². The first-order valence-electron chi connectivity index (χ1n) is 7.97. The van der Waals surface area contributed by atoms with Crippen LogP contribution in [0.3, 0.4) is 0 Å². The summed E-state index contributed by atoms with van der Waals surface area (Å²) in [7, 11) is -3.59. The van der Waals surface area contributed by atoms with Crippen LogP contribution in [-0.4, -0.2) is 39.9 Å². The predicted octanol–water partition coefficient (Wildman–Crippen LogP) is 2.00. The molecule has 7 nitrogen and oxygen atoms in total. The normalized spacial score (nSPS) is 11.3. The molecule has 0 bridgehead atoms. The molecule has 0 fully saturated rings. The highest BCUT2D eigenvalue weighted by Crippen LogP contribution is 2.16. The summed E-state index contributed by atoms with van der Waals surface area (Å²) in [6.07, 6.45) is 2.53. The molecule has 0 radical (unpaired) electrons. The summed E-state index contributed by atoms with van der Waals surface area (Å²) in [5.74, 6) is 0.210. The second kappa shape index (κ2) is 9.00. The summed E-state index contributed by atoms with van der Waals surface area (Å²) < 4.78 is 30.3. The van der Waals surface area contributed by atoms with Gasteiger partial charge in [-0.1, -0.05) is 18.2 Å². The van der Waals surface area contributed by atoms with E-state index in [-0.39, 0.29) is 6.54 Å². The van der Waals surface area contributed by atoms with Crippen LogP contribution in [0, 0.1) is 0 Å². The molecule has 0 aliphatic heterocycles. The number of amides is 1. The maximum atomic E-state index is 12.1.